The number of carbonyl (C=O) groups excluding carboxylic acids is 1. The van der Waals surface area contributed by atoms with Gasteiger partial charge in [0.05, 0.1) is 6.54 Å². The summed E-state index contributed by atoms with van der Waals surface area (Å²) < 4.78 is 13.1. The molecule has 0 bridgehead atoms. The van der Waals surface area contributed by atoms with Crippen LogP contribution in [0.1, 0.15) is 19.0 Å². The molecule has 0 spiro atoms. The van der Waals surface area contributed by atoms with Crippen LogP contribution in [-0.4, -0.2) is 67.6 Å². The highest BCUT2D eigenvalue weighted by atomic mass is 127. The predicted molar refractivity (Wildman–Crippen MR) is 137 cm³/mol. The fourth-order valence-corrected chi connectivity index (χ4v) is 3.48. The number of hydrogen-bond acceptors (Lipinski definition) is 4. The van der Waals surface area contributed by atoms with Gasteiger partial charge in [-0.25, -0.2) is 4.39 Å². The Morgan fingerprint density at radius 2 is 1.84 bits per heavy atom. The highest BCUT2D eigenvalue weighted by molar-refractivity contribution is 14.0. The molecule has 1 aliphatic heterocycles. The molecule has 0 aliphatic carbocycles. The van der Waals surface area contributed by atoms with Crippen molar-refractivity contribution in [3.63, 3.8) is 0 Å². The molecule has 1 saturated heterocycles. The van der Waals surface area contributed by atoms with Crippen molar-refractivity contribution in [2.24, 2.45) is 4.99 Å². The number of guanidine groups is 1. The summed E-state index contributed by atoms with van der Waals surface area (Å²) in [7, 11) is 0. The summed E-state index contributed by atoms with van der Waals surface area (Å²) in [4.78, 5) is 25.5. The van der Waals surface area contributed by atoms with E-state index in [1.165, 1.54) is 12.1 Å². The van der Waals surface area contributed by atoms with Crippen LogP contribution in [0.3, 0.4) is 0 Å². The molecule has 1 aromatic carbocycles. The summed E-state index contributed by atoms with van der Waals surface area (Å²) in [5.74, 6) is 0.598. The number of benzene rings is 1. The van der Waals surface area contributed by atoms with E-state index >= 15 is 0 Å². The lowest BCUT2D eigenvalue weighted by Gasteiger charge is -2.36. The van der Waals surface area contributed by atoms with Crippen molar-refractivity contribution in [2.45, 2.75) is 19.8 Å². The maximum absolute atomic E-state index is 13.1. The Bertz CT molecular complexity index is 841. The first-order chi connectivity index (χ1) is 15.2. The molecule has 9 heteroatoms. The molecule has 1 amide bonds. The minimum atomic E-state index is -0.235. The van der Waals surface area contributed by atoms with E-state index in [1.807, 2.05) is 30.0 Å². The monoisotopic (exact) mass is 554 g/mol. The van der Waals surface area contributed by atoms with Gasteiger partial charge in [-0.15, -0.1) is 24.0 Å². The van der Waals surface area contributed by atoms with Crippen LogP contribution in [0, 0.1) is 5.82 Å². The second kappa shape index (κ2) is 13.9. The molecule has 7 nitrogen and oxygen atoms in total. The van der Waals surface area contributed by atoms with Crippen LogP contribution in [0.5, 0.6) is 0 Å². The lowest BCUT2D eigenvalue weighted by atomic mass is 10.2. The maximum Gasteiger partial charge on any atom is 0.224 e. The van der Waals surface area contributed by atoms with Gasteiger partial charge in [0.15, 0.2) is 5.96 Å². The Hall–Kier alpha value is -2.43. The molecule has 32 heavy (non-hydrogen) atoms. The van der Waals surface area contributed by atoms with E-state index in [2.05, 4.69) is 25.5 Å². The lowest BCUT2D eigenvalue weighted by molar-refractivity contribution is -0.131. The van der Waals surface area contributed by atoms with E-state index in [0.717, 1.165) is 44.0 Å². The van der Waals surface area contributed by atoms with Crippen LogP contribution in [0.4, 0.5) is 10.1 Å². The standard InChI is InChI=1S/C23H31FN6O.HI/c1-2-25-23(27-13-10-20-5-3-4-12-26-20)28-14-11-22(31)30-17-15-29(16-18-30)21-8-6-19(24)7-9-21;/h3-9,12H,2,10-11,13-18H2,1H3,(H2,25,27,28);1H. The van der Waals surface area contributed by atoms with Crippen molar-refractivity contribution in [2.75, 3.05) is 50.7 Å². The van der Waals surface area contributed by atoms with Crippen molar-refractivity contribution in [3.8, 4) is 0 Å². The summed E-state index contributed by atoms with van der Waals surface area (Å²) in [6, 6.07) is 12.4. The molecule has 3 rings (SSSR count). The van der Waals surface area contributed by atoms with Crippen LogP contribution in [-0.2, 0) is 11.2 Å². The normalized spacial score (nSPS) is 14.0. The van der Waals surface area contributed by atoms with Gasteiger partial charge in [-0.2, -0.15) is 0 Å². The van der Waals surface area contributed by atoms with Gasteiger partial charge in [0.25, 0.3) is 0 Å². The average molecular weight is 554 g/mol. The second-order valence-corrected chi connectivity index (χ2v) is 7.35. The number of pyridine rings is 1. The molecule has 1 fully saturated rings. The quantitative estimate of drug-likeness (QED) is 0.299. The molecule has 1 aliphatic rings. The van der Waals surface area contributed by atoms with Crippen molar-refractivity contribution < 1.29 is 9.18 Å². The third kappa shape index (κ3) is 8.25. The Labute approximate surface area is 206 Å². The van der Waals surface area contributed by atoms with Crippen LogP contribution in [0.2, 0.25) is 0 Å². The number of hydrogen-bond donors (Lipinski definition) is 2. The molecule has 0 radical (unpaired) electrons. The van der Waals surface area contributed by atoms with Crippen molar-refractivity contribution >= 4 is 41.5 Å². The first-order valence-corrected chi connectivity index (χ1v) is 10.9. The SMILES string of the molecule is CCNC(=NCCC(=O)N1CCN(c2ccc(F)cc2)CC1)NCCc1ccccn1.I. The Morgan fingerprint density at radius 1 is 1.09 bits per heavy atom. The molecule has 2 aromatic rings. The number of anilines is 1. The first kappa shape index (κ1) is 25.8. The van der Waals surface area contributed by atoms with E-state index in [9.17, 15) is 9.18 Å². The number of nitrogens with one attached hydrogen (secondary N) is 2. The number of halogens is 2. The van der Waals surface area contributed by atoms with Gasteiger partial charge < -0.3 is 20.4 Å². The summed E-state index contributed by atoms with van der Waals surface area (Å²) in [5, 5.41) is 6.50. The zero-order valence-corrected chi connectivity index (χ0v) is 20.8. The zero-order valence-electron chi connectivity index (χ0n) is 18.5. The second-order valence-electron chi connectivity index (χ2n) is 7.35. The van der Waals surface area contributed by atoms with Crippen LogP contribution >= 0.6 is 24.0 Å². The topological polar surface area (TPSA) is 72.9 Å². The highest BCUT2D eigenvalue weighted by Crippen LogP contribution is 2.17. The zero-order chi connectivity index (χ0) is 21.9. The molecular weight excluding hydrogens is 522 g/mol. The molecule has 174 valence electrons. The van der Waals surface area contributed by atoms with Crippen LogP contribution in [0.15, 0.2) is 53.7 Å². The Morgan fingerprint density at radius 3 is 2.50 bits per heavy atom. The Kier molecular flexibility index (Phi) is 11.2. The average Bonchev–Trinajstić information content (AvgIpc) is 2.80. The minimum Gasteiger partial charge on any atom is -0.368 e. The van der Waals surface area contributed by atoms with Crippen molar-refractivity contribution in [3.05, 3.63) is 60.2 Å². The number of piperazine rings is 1. The fraction of sp³-hybridized carbons (Fsp3) is 0.435. The molecule has 2 N–H and O–H groups in total. The summed E-state index contributed by atoms with van der Waals surface area (Å²) in [6.45, 7) is 6.77. The summed E-state index contributed by atoms with van der Waals surface area (Å²) in [5.41, 5.74) is 2.02. The van der Waals surface area contributed by atoms with Gasteiger partial charge in [-0.3, -0.25) is 14.8 Å². The van der Waals surface area contributed by atoms with Crippen LogP contribution in [0.25, 0.3) is 0 Å². The van der Waals surface area contributed by atoms with E-state index in [0.29, 0.717) is 32.0 Å². The van der Waals surface area contributed by atoms with Gasteiger partial charge >= 0.3 is 0 Å². The van der Waals surface area contributed by atoms with Crippen molar-refractivity contribution in [1.29, 1.82) is 0 Å². The third-order valence-electron chi connectivity index (χ3n) is 5.16. The number of amides is 1. The number of aliphatic imine (C=N–C) groups is 1. The highest BCUT2D eigenvalue weighted by Gasteiger charge is 2.21. The number of nitrogens with zero attached hydrogens (tertiary/aromatic N) is 4. The largest absolute Gasteiger partial charge is 0.368 e. The molecule has 0 unspecified atom stereocenters. The molecule has 1 aromatic heterocycles. The molecule has 2 heterocycles. The van der Waals surface area contributed by atoms with Gasteiger partial charge in [0, 0.05) is 69.7 Å². The molecular formula is C23H32FIN6O. The minimum absolute atomic E-state index is 0. The summed E-state index contributed by atoms with van der Waals surface area (Å²) in [6.07, 6.45) is 2.98. The number of aromatic nitrogens is 1. The molecule has 0 atom stereocenters. The van der Waals surface area contributed by atoms with Gasteiger partial charge in [-0.05, 0) is 43.3 Å². The van der Waals surface area contributed by atoms with E-state index in [1.54, 1.807) is 18.3 Å². The van der Waals surface area contributed by atoms with Gasteiger partial charge in [0.1, 0.15) is 5.82 Å². The van der Waals surface area contributed by atoms with E-state index < -0.39 is 0 Å². The van der Waals surface area contributed by atoms with Gasteiger partial charge in [-0.1, -0.05) is 6.07 Å². The number of carbonyl (C=O) groups is 1. The van der Waals surface area contributed by atoms with E-state index in [4.69, 9.17) is 0 Å². The molecule has 0 saturated carbocycles. The lowest BCUT2D eigenvalue weighted by Crippen LogP contribution is -2.49. The van der Waals surface area contributed by atoms with Crippen molar-refractivity contribution in [1.82, 2.24) is 20.5 Å². The maximum atomic E-state index is 13.1. The van der Waals surface area contributed by atoms with E-state index in [-0.39, 0.29) is 35.7 Å². The summed E-state index contributed by atoms with van der Waals surface area (Å²) >= 11 is 0. The Balaban J connectivity index is 0.00000363. The predicted octanol–water partition coefficient (Wildman–Crippen LogP) is 2.68. The third-order valence-corrected chi connectivity index (χ3v) is 5.16. The van der Waals surface area contributed by atoms with Gasteiger partial charge in [0.2, 0.25) is 5.91 Å². The van der Waals surface area contributed by atoms with Crippen LogP contribution < -0.4 is 15.5 Å². The smallest absolute Gasteiger partial charge is 0.224 e. The first-order valence-electron chi connectivity index (χ1n) is 10.9. The fourth-order valence-electron chi connectivity index (χ4n) is 3.48. The number of rotatable bonds is 8.